The summed E-state index contributed by atoms with van der Waals surface area (Å²) in [5.41, 5.74) is 7.29. The summed E-state index contributed by atoms with van der Waals surface area (Å²) >= 11 is 0. The van der Waals surface area contributed by atoms with Crippen molar-refractivity contribution < 1.29 is 4.79 Å². The van der Waals surface area contributed by atoms with Crippen molar-refractivity contribution in [2.24, 2.45) is 10.7 Å². The molecule has 6 heteroatoms. The highest BCUT2D eigenvalue weighted by atomic mass is 16.1. The second kappa shape index (κ2) is 7.08. The number of benzene rings is 1. The van der Waals surface area contributed by atoms with Gasteiger partial charge >= 0.3 is 0 Å². The van der Waals surface area contributed by atoms with Gasteiger partial charge in [-0.15, -0.1) is 0 Å². The Bertz CT molecular complexity index is 563. The number of hydrogen-bond donors (Lipinski definition) is 3. The third kappa shape index (κ3) is 4.24. The van der Waals surface area contributed by atoms with Crippen molar-refractivity contribution in [3.63, 3.8) is 0 Å². The van der Waals surface area contributed by atoms with Gasteiger partial charge in [0.05, 0.1) is 6.33 Å². The molecule has 0 atom stereocenters. The van der Waals surface area contributed by atoms with E-state index in [-0.39, 0.29) is 11.9 Å². The van der Waals surface area contributed by atoms with Gasteiger partial charge in [0.25, 0.3) is 5.91 Å². The number of aromatic amines is 1. The number of aryl methyl sites for hydroxylation is 1. The minimum atomic E-state index is -0.250. The lowest BCUT2D eigenvalue weighted by Gasteiger charge is -2.04. The van der Waals surface area contributed by atoms with Crippen LogP contribution in [0.25, 0.3) is 0 Å². The zero-order chi connectivity index (χ0) is 14.2. The molecule has 2 aromatic rings. The fourth-order valence-corrected chi connectivity index (χ4v) is 1.71. The number of aromatic nitrogens is 2. The van der Waals surface area contributed by atoms with Gasteiger partial charge in [0.2, 0.25) is 0 Å². The van der Waals surface area contributed by atoms with Gasteiger partial charge < -0.3 is 10.7 Å². The van der Waals surface area contributed by atoms with Gasteiger partial charge in [-0.1, -0.05) is 18.2 Å². The molecule has 1 aromatic carbocycles. The molecular weight excluding hydrogens is 254 g/mol. The average Bonchev–Trinajstić information content (AvgIpc) is 2.98. The third-order valence-corrected chi connectivity index (χ3v) is 2.72. The lowest BCUT2D eigenvalue weighted by atomic mass is 10.2. The Kier molecular flexibility index (Phi) is 4.88. The molecule has 0 saturated carbocycles. The fraction of sp³-hybridized carbons (Fsp3) is 0.214. The van der Waals surface area contributed by atoms with E-state index >= 15 is 0 Å². The number of rotatable bonds is 5. The van der Waals surface area contributed by atoms with Gasteiger partial charge in [-0.2, -0.15) is 0 Å². The summed E-state index contributed by atoms with van der Waals surface area (Å²) in [7, 11) is 0. The van der Waals surface area contributed by atoms with E-state index in [1.165, 1.54) is 0 Å². The highest BCUT2D eigenvalue weighted by molar-refractivity contribution is 6.05. The van der Waals surface area contributed by atoms with E-state index in [2.05, 4.69) is 20.3 Å². The molecule has 0 saturated heterocycles. The highest BCUT2D eigenvalue weighted by Crippen LogP contribution is 1.98. The van der Waals surface area contributed by atoms with Crippen LogP contribution in [-0.4, -0.2) is 28.4 Å². The van der Waals surface area contributed by atoms with Gasteiger partial charge in [0.15, 0.2) is 5.96 Å². The van der Waals surface area contributed by atoms with Crippen LogP contribution in [0.1, 0.15) is 22.5 Å². The summed E-state index contributed by atoms with van der Waals surface area (Å²) in [6.07, 6.45) is 5.12. The van der Waals surface area contributed by atoms with E-state index in [1.807, 2.05) is 6.07 Å². The Morgan fingerprint density at radius 1 is 1.35 bits per heavy atom. The molecule has 0 radical (unpaired) electrons. The van der Waals surface area contributed by atoms with Crippen molar-refractivity contribution in [2.75, 3.05) is 6.54 Å². The van der Waals surface area contributed by atoms with Crippen LogP contribution in [0.3, 0.4) is 0 Å². The molecule has 4 N–H and O–H groups in total. The smallest absolute Gasteiger partial charge is 0.257 e. The SMILES string of the molecule is NC(=NCCCc1cnc[nH]1)NC(=O)c1ccccc1. The number of aliphatic imine (C=N–C) groups is 1. The zero-order valence-corrected chi connectivity index (χ0v) is 11.0. The average molecular weight is 271 g/mol. The Labute approximate surface area is 117 Å². The second-order valence-corrected chi connectivity index (χ2v) is 4.27. The lowest BCUT2D eigenvalue weighted by Crippen LogP contribution is -2.36. The Hall–Kier alpha value is -2.63. The first-order valence-corrected chi connectivity index (χ1v) is 6.39. The number of guanidine groups is 1. The van der Waals surface area contributed by atoms with E-state index < -0.39 is 0 Å². The van der Waals surface area contributed by atoms with Crippen LogP contribution in [0, 0.1) is 0 Å². The number of imidazole rings is 1. The fourth-order valence-electron chi connectivity index (χ4n) is 1.71. The predicted molar refractivity (Wildman–Crippen MR) is 77.3 cm³/mol. The summed E-state index contributed by atoms with van der Waals surface area (Å²) in [5, 5.41) is 2.56. The number of amides is 1. The molecule has 1 amide bonds. The Morgan fingerprint density at radius 2 is 2.15 bits per heavy atom. The van der Waals surface area contributed by atoms with Gasteiger partial charge in [0, 0.05) is 24.0 Å². The predicted octanol–water partition coefficient (Wildman–Crippen LogP) is 1.09. The zero-order valence-electron chi connectivity index (χ0n) is 11.0. The molecule has 0 aliphatic heterocycles. The first kappa shape index (κ1) is 13.8. The standard InChI is InChI=1S/C14H17N5O/c15-14(17-8-4-7-12-9-16-10-18-12)19-13(20)11-5-2-1-3-6-11/h1-3,5-6,9-10H,4,7-8H2,(H,16,18)(H3,15,17,19,20). The number of carbonyl (C=O) groups is 1. The summed E-state index contributed by atoms with van der Waals surface area (Å²) in [6.45, 7) is 0.555. The molecule has 6 nitrogen and oxygen atoms in total. The van der Waals surface area contributed by atoms with Crippen molar-refractivity contribution in [1.29, 1.82) is 0 Å². The number of nitrogens with zero attached hydrogens (tertiary/aromatic N) is 2. The highest BCUT2D eigenvalue weighted by Gasteiger charge is 2.05. The minimum Gasteiger partial charge on any atom is -0.370 e. The number of carbonyl (C=O) groups excluding carboxylic acids is 1. The van der Waals surface area contributed by atoms with Crippen molar-refractivity contribution >= 4 is 11.9 Å². The van der Waals surface area contributed by atoms with E-state index in [1.54, 1.807) is 36.8 Å². The molecule has 0 aliphatic carbocycles. The van der Waals surface area contributed by atoms with E-state index in [9.17, 15) is 4.79 Å². The quantitative estimate of drug-likeness (QED) is 0.431. The molecule has 104 valence electrons. The number of H-pyrrole nitrogens is 1. The van der Waals surface area contributed by atoms with Crippen molar-refractivity contribution in [3.8, 4) is 0 Å². The minimum absolute atomic E-state index is 0.142. The molecule has 2 rings (SSSR count). The molecule has 0 bridgehead atoms. The lowest BCUT2D eigenvalue weighted by molar-refractivity contribution is 0.0976. The number of nitrogens with one attached hydrogen (secondary N) is 2. The van der Waals surface area contributed by atoms with Crippen LogP contribution in [0.2, 0.25) is 0 Å². The largest absolute Gasteiger partial charge is 0.370 e. The van der Waals surface area contributed by atoms with E-state index in [4.69, 9.17) is 5.73 Å². The monoisotopic (exact) mass is 271 g/mol. The van der Waals surface area contributed by atoms with Crippen LogP contribution >= 0.6 is 0 Å². The van der Waals surface area contributed by atoms with Gasteiger partial charge in [0.1, 0.15) is 0 Å². The third-order valence-electron chi connectivity index (χ3n) is 2.72. The maximum atomic E-state index is 11.8. The van der Waals surface area contributed by atoms with Gasteiger partial charge in [-0.25, -0.2) is 4.98 Å². The summed E-state index contributed by atoms with van der Waals surface area (Å²) in [5.74, 6) is -0.108. The first-order chi connectivity index (χ1) is 9.75. The Morgan fingerprint density at radius 3 is 2.85 bits per heavy atom. The van der Waals surface area contributed by atoms with E-state index in [0.717, 1.165) is 18.5 Å². The van der Waals surface area contributed by atoms with Crippen LogP contribution in [0.4, 0.5) is 0 Å². The molecule has 1 heterocycles. The Balaban J connectivity index is 1.75. The van der Waals surface area contributed by atoms with Crippen LogP contribution < -0.4 is 11.1 Å². The maximum absolute atomic E-state index is 11.8. The van der Waals surface area contributed by atoms with Crippen LogP contribution in [-0.2, 0) is 6.42 Å². The van der Waals surface area contributed by atoms with Crippen molar-refractivity contribution in [3.05, 3.63) is 54.1 Å². The summed E-state index contributed by atoms with van der Waals surface area (Å²) < 4.78 is 0. The molecule has 0 fully saturated rings. The first-order valence-electron chi connectivity index (χ1n) is 6.39. The van der Waals surface area contributed by atoms with E-state index in [0.29, 0.717) is 12.1 Å². The van der Waals surface area contributed by atoms with Crippen LogP contribution in [0.15, 0.2) is 47.8 Å². The molecule has 0 spiro atoms. The molecule has 0 unspecified atom stereocenters. The second-order valence-electron chi connectivity index (χ2n) is 4.27. The number of nitrogens with two attached hydrogens (primary N) is 1. The summed E-state index contributed by atoms with van der Waals surface area (Å²) in [6, 6.07) is 8.89. The topological polar surface area (TPSA) is 96.2 Å². The molecular formula is C14H17N5O. The van der Waals surface area contributed by atoms with Crippen molar-refractivity contribution in [2.45, 2.75) is 12.8 Å². The van der Waals surface area contributed by atoms with Gasteiger partial charge in [-0.3, -0.25) is 15.1 Å². The maximum Gasteiger partial charge on any atom is 0.257 e. The molecule has 20 heavy (non-hydrogen) atoms. The number of hydrogen-bond acceptors (Lipinski definition) is 3. The van der Waals surface area contributed by atoms with Crippen LogP contribution in [0.5, 0.6) is 0 Å². The molecule has 0 aliphatic rings. The molecule has 1 aromatic heterocycles. The van der Waals surface area contributed by atoms with Crippen molar-refractivity contribution in [1.82, 2.24) is 15.3 Å². The summed E-state index contributed by atoms with van der Waals surface area (Å²) in [4.78, 5) is 22.9. The van der Waals surface area contributed by atoms with Gasteiger partial charge in [-0.05, 0) is 25.0 Å². The normalized spacial score (nSPS) is 11.3.